The van der Waals surface area contributed by atoms with E-state index < -0.39 is 5.97 Å². The van der Waals surface area contributed by atoms with Crippen molar-refractivity contribution in [2.75, 3.05) is 41.4 Å². The molecule has 1 heterocycles. The van der Waals surface area contributed by atoms with Crippen molar-refractivity contribution in [3.63, 3.8) is 0 Å². The average Bonchev–Trinajstić information content (AvgIpc) is 2.87. The van der Waals surface area contributed by atoms with Crippen LogP contribution in [-0.4, -0.2) is 38.1 Å². The van der Waals surface area contributed by atoms with Gasteiger partial charge in [0.15, 0.2) is 6.61 Å². The highest BCUT2D eigenvalue weighted by Gasteiger charge is 2.23. The molecule has 176 valence electrons. The van der Waals surface area contributed by atoms with Crippen LogP contribution in [0.3, 0.4) is 0 Å². The van der Waals surface area contributed by atoms with Crippen molar-refractivity contribution in [3.8, 4) is 0 Å². The topological polar surface area (TPSA) is 61.9 Å². The first-order chi connectivity index (χ1) is 16.6. The summed E-state index contributed by atoms with van der Waals surface area (Å²) in [6, 6.07) is 24.0. The number of nitrogens with zero attached hydrogens (tertiary/aromatic N) is 2. The molecule has 1 N–H and O–H groups in total. The van der Waals surface area contributed by atoms with Gasteiger partial charge in [-0.25, -0.2) is 0 Å². The smallest absolute Gasteiger partial charge is 0.308 e. The van der Waals surface area contributed by atoms with E-state index in [1.807, 2.05) is 48.5 Å². The molecule has 1 amide bonds. The lowest BCUT2D eigenvalue weighted by molar-refractivity contribution is -0.147. The maximum absolute atomic E-state index is 12.4. The second-order valence-corrected chi connectivity index (χ2v) is 8.95. The maximum Gasteiger partial charge on any atom is 0.308 e. The molecule has 0 spiro atoms. The van der Waals surface area contributed by atoms with Gasteiger partial charge in [-0.3, -0.25) is 9.59 Å². The molecule has 0 saturated heterocycles. The molecule has 0 fully saturated rings. The van der Waals surface area contributed by atoms with Gasteiger partial charge in [0.2, 0.25) is 0 Å². The van der Waals surface area contributed by atoms with E-state index in [9.17, 15) is 9.59 Å². The Labute approximate surface area is 204 Å². The Morgan fingerprint density at radius 3 is 2.06 bits per heavy atom. The Morgan fingerprint density at radius 1 is 0.882 bits per heavy atom. The quantitative estimate of drug-likeness (QED) is 0.400. The van der Waals surface area contributed by atoms with E-state index in [4.69, 9.17) is 4.74 Å². The first-order valence-corrected chi connectivity index (χ1v) is 12.3. The Kier molecular flexibility index (Phi) is 7.75. The molecular weight excluding hydrogens is 446 g/mol. The third-order valence-electron chi connectivity index (χ3n) is 5.72. The van der Waals surface area contributed by atoms with E-state index in [1.54, 1.807) is 11.8 Å². The summed E-state index contributed by atoms with van der Waals surface area (Å²) < 4.78 is 5.25. The van der Waals surface area contributed by atoms with Crippen LogP contribution in [0.5, 0.6) is 0 Å². The number of rotatable bonds is 9. The molecule has 1 aliphatic heterocycles. The van der Waals surface area contributed by atoms with Crippen molar-refractivity contribution < 1.29 is 14.3 Å². The van der Waals surface area contributed by atoms with Crippen LogP contribution >= 0.6 is 11.8 Å². The van der Waals surface area contributed by atoms with Crippen LogP contribution in [0.2, 0.25) is 0 Å². The SMILES string of the molecule is CCN(CC)c1ccc(NC(=O)COC(=O)CCN2c3ccccc3Sc3ccccc32)cc1. The van der Waals surface area contributed by atoms with Crippen molar-refractivity contribution in [1.82, 2.24) is 0 Å². The van der Waals surface area contributed by atoms with Gasteiger partial charge < -0.3 is 19.9 Å². The van der Waals surface area contributed by atoms with E-state index in [0.29, 0.717) is 12.2 Å². The molecule has 3 aromatic rings. The minimum Gasteiger partial charge on any atom is -0.456 e. The summed E-state index contributed by atoms with van der Waals surface area (Å²) in [6.07, 6.45) is 0.180. The van der Waals surface area contributed by atoms with E-state index in [-0.39, 0.29) is 18.9 Å². The fourth-order valence-electron chi connectivity index (χ4n) is 3.98. The van der Waals surface area contributed by atoms with Crippen LogP contribution in [0, 0.1) is 0 Å². The van der Waals surface area contributed by atoms with Crippen molar-refractivity contribution >= 4 is 46.4 Å². The summed E-state index contributed by atoms with van der Waals surface area (Å²) in [5, 5.41) is 2.78. The number of fused-ring (bicyclic) bond motifs is 2. The van der Waals surface area contributed by atoms with Crippen LogP contribution in [0.15, 0.2) is 82.6 Å². The van der Waals surface area contributed by atoms with Gasteiger partial charge in [-0.15, -0.1) is 0 Å². The highest BCUT2D eigenvalue weighted by Crippen LogP contribution is 2.47. The molecule has 7 heteroatoms. The van der Waals surface area contributed by atoms with Gasteiger partial charge >= 0.3 is 5.97 Å². The van der Waals surface area contributed by atoms with Crippen LogP contribution in [0.1, 0.15) is 20.3 Å². The number of benzene rings is 3. The summed E-state index contributed by atoms with van der Waals surface area (Å²) in [7, 11) is 0. The minimum absolute atomic E-state index is 0.180. The lowest BCUT2D eigenvalue weighted by Crippen LogP contribution is -2.26. The Bertz CT molecular complexity index is 1100. The highest BCUT2D eigenvalue weighted by molar-refractivity contribution is 7.99. The van der Waals surface area contributed by atoms with Gasteiger partial charge in [0.1, 0.15) is 0 Å². The normalized spacial score (nSPS) is 11.9. The van der Waals surface area contributed by atoms with Gasteiger partial charge in [-0.1, -0.05) is 36.0 Å². The number of para-hydroxylation sites is 2. The number of esters is 1. The number of amides is 1. The van der Waals surface area contributed by atoms with Crippen molar-refractivity contribution in [2.24, 2.45) is 0 Å². The lowest BCUT2D eigenvalue weighted by Gasteiger charge is -2.32. The van der Waals surface area contributed by atoms with Gasteiger partial charge in [0.05, 0.1) is 17.8 Å². The molecule has 1 aliphatic rings. The minimum atomic E-state index is -0.403. The van der Waals surface area contributed by atoms with E-state index in [2.05, 4.69) is 53.2 Å². The van der Waals surface area contributed by atoms with Crippen molar-refractivity contribution in [2.45, 2.75) is 30.1 Å². The second kappa shape index (κ2) is 11.1. The summed E-state index contributed by atoms with van der Waals surface area (Å²) in [5.74, 6) is -0.755. The van der Waals surface area contributed by atoms with Gasteiger partial charge in [0.25, 0.3) is 5.91 Å². The number of hydrogen-bond acceptors (Lipinski definition) is 6. The van der Waals surface area contributed by atoms with Crippen molar-refractivity contribution in [1.29, 1.82) is 0 Å². The third-order valence-corrected chi connectivity index (χ3v) is 6.85. The van der Waals surface area contributed by atoms with Gasteiger partial charge in [-0.2, -0.15) is 0 Å². The molecule has 0 aliphatic carbocycles. The molecule has 0 saturated carbocycles. The predicted molar refractivity (Wildman–Crippen MR) is 138 cm³/mol. The molecular formula is C27H29N3O3S. The summed E-state index contributed by atoms with van der Waals surface area (Å²) >= 11 is 1.73. The largest absolute Gasteiger partial charge is 0.456 e. The van der Waals surface area contributed by atoms with Gasteiger partial charge in [-0.05, 0) is 62.4 Å². The molecule has 0 bridgehead atoms. The van der Waals surface area contributed by atoms with Crippen LogP contribution in [0.4, 0.5) is 22.7 Å². The van der Waals surface area contributed by atoms with Crippen LogP contribution in [-0.2, 0) is 14.3 Å². The average molecular weight is 476 g/mol. The lowest BCUT2D eigenvalue weighted by atomic mass is 10.2. The summed E-state index contributed by atoms with van der Waals surface area (Å²) in [6.45, 7) is 6.23. The van der Waals surface area contributed by atoms with E-state index >= 15 is 0 Å². The molecule has 34 heavy (non-hydrogen) atoms. The second-order valence-electron chi connectivity index (χ2n) is 7.87. The molecule has 6 nitrogen and oxygen atoms in total. The molecule has 0 unspecified atom stereocenters. The number of anilines is 4. The Balaban J connectivity index is 1.29. The molecule has 3 aromatic carbocycles. The monoisotopic (exact) mass is 475 g/mol. The zero-order chi connectivity index (χ0) is 23.9. The first kappa shape index (κ1) is 23.7. The number of carbonyl (C=O) groups is 2. The fourth-order valence-corrected chi connectivity index (χ4v) is 5.08. The zero-order valence-electron chi connectivity index (χ0n) is 19.5. The zero-order valence-corrected chi connectivity index (χ0v) is 20.3. The van der Waals surface area contributed by atoms with Crippen LogP contribution in [0.25, 0.3) is 0 Å². The fraction of sp³-hybridized carbons (Fsp3) is 0.259. The predicted octanol–water partition coefficient (Wildman–Crippen LogP) is 5.71. The Hall–Kier alpha value is -3.45. The summed E-state index contributed by atoms with van der Waals surface area (Å²) in [4.78, 5) is 31.4. The standard InChI is InChI=1S/C27H29N3O3S/c1-3-29(4-2)21-15-13-20(14-16-21)28-26(31)19-33-27(32)17-18-30-22-9-5-7-11-24(22)34-25-12-8-6-10-23(25)30/h5-16H,3-4,17-19H2,1-2H3,(H,28,31). The Morgan fingerprint density at radius 2 is 1.47 bits per heavy atom. The van der Waals surface area contributed by atoms with E-state index in [1.165, 1.54) is 0 Å². The summed E-state index contributed by atoms with van der Waals surface area (Å²) in [5.41, 5.74) is 3.93. The molecule has 4 rings (SSSR count). The maximum atomic E-state index is 12.4. The number of ether oxygens (including phenoxy) is 1. The van der Waals surface area contributed by atoms with Crippen molar-refractivity contribution in [3.05, 3.63) is 72.8 Å². The number of hydrogen-bond donors (Lipinski definition) is 1. The van der Waals surface area contributed by atoms with E-state index in [0.717, 1.165) is 39.9 Å². The highest BCUT2D eigenvalue weighted by atomic mass is 32.2. The number of nitrogens with one attached hydrogen (secondary N) is 1. The van der Waals surface area contributed by atoms with Gasteiger partial charge in [0, 0.05) is 40.8 Å². The third kappa shape index (κ3) is 5.54. The number of carbonyl (C=O) groups excluding carboxylic acids is 2. The van der Waals surface area contributed by atoms with Crippen LogP contribution < -0.4 is 15.1 Å². The molecule has 0 radical (unpaired) electrons. The molecule has 0 aromatic heterocycles. The first-order valence-electron chi connectivity index (χ1n) is 11.5. The molecule has 0 atom stereocenters.